The first-order chi connectivity index (χ1) is 9.51. The molecule has 0 unspecified atom stereocenters. The molecule has 0 saturated heterocycles. The first-order valence-corrected chi connectivity index (χ1v) is 6.19. The van der Waals surface area contributed by atoms with Crippen LogP contribution < -0.4 is 5.32 Å². The molecule has 1 rings (SSSR count). The molecule has 20 heavy (non-hydrogen) atoms. The Morgan fingerprint density at radius 2 is 2.20 bits per heavy atom. The summed E-state index contributed by atoms with van der Waals surface area (Å²) in [5.74, 6) is -2.08. The van der Waals surface area contributed by atoms with Gasteiger partial charge in [-0.1, -0.05) is 19.1 Å². The van der Waals surface area contributed by atoms with Crippen molar-refractivity contribution in [2.45, 2.75) is 13.3 Å². The molecule has 0 spiro atoms. The van der Waals surface area contributed by atoms with Gasteiger partial charge < -0.3 is 15.3 Å². The van der Waals surface area contributed by atoms with Crippen molar-refractivity contribution in [3.05, 3.63) is 42.2 Å². The van der Waals surface area contributed by atoms with Gasteiger partial charge in [0.25, 0.3) is 0 Å². The molecule has 2 amide bonds. The molecular weight excluding hydrogens is 263 g/mol. The number of para-hydroxylation sites is 1. The summed E-state index contributed by atoms with van der Waals surface area (Å²) in [6, 6.07) is 3.06. The van der Waals surface area contributed by atoms with Crippen molar-refractivity contribution in [1.82, 2.24) is 4.90 Å². The molecule has 1 aromatic carbocycles. The van der Waals surface area contributed by atoms with Crippen LogP contribution in [0, 0.1) is 5.82 Å². The summed E-state index contributed by atoms with van der Waals surface area (Å²) in [7, 11) is 0. The van der Waals surface area contributed by atoms with E-state index < -0.39 is 17.8 Å². The second-order valence-electron chi connectivity index (χ2n) is 4.13. The highest BCUT2D eigenvalue weighted by molar-refractivity contribution is 6.00. The second-order valence-corrected chi connectivity index (χ2v) is 4.13. The highest BCUT2D eigenvalue weighted by atomic mass is 19.1. The van der Waals surface area contributed by atoms with Crippen LogP contribution in [0.5, 0.6) is 0 Å². The predicted molar refractivity (Wildman–Crippen MR) is 74.4 cm³/mol. The van der Waals surface area contributed by atoms with Gasteiger partial charge in [0.1, 0.15) is 5.82 Å². The van der Waals surface area contributed by atoms with Crippen LogP contribution in [0.2, 0.25) is 0 Å². The van der Waals surface area contributed by atoms with E-state index in [0.717, 1.165) is 12.5 Å². The minimum Gasteiger partial charge on any atom is -0.478 e. The molecule has 0 saturated carbocycles. The summed E-state index contributed by atoms with van der Waals surface area (Å²) < 4.78 is 13.7. The fourth-order valence-electron chi connectivity index (χ4n) is 1.72. The lowest BCUT2D eigenvalue weighted by Gasteiger charge is -2.21. The van der Waals surface area contributed by atoms with Crippen LogP contribution in [-0.2, 0) is 0 Å². The zero-order chi connectivity index (χ0) is 15.1. The van der Waals surface area contributed by atoms with Gasteiger partial charge in [-0.2, -0.15) is 0 Å². The minimum atomic E-state index is -1.30. The third-order valence-corrected chi connectivity index (χ3v) is 2.61. The maximum Gasteiger partial charge on any atom is 0.337 e. The van der Waals surface area contributed by atoms with E-state index in [2.05, 4.69) is 11.9 Å². The van der Waals surface area contributed by atoms with Crippen molar-refractivity contribution in [1.29, 1.82) is 0 Å². The molecule has 0 aliphatic rings. The Morgan fingerprint density at radius 1 is 1.50 bits per heavy atom. The Balaban J connectivity index is 2.99. The number of carboxylic acids is 1. The number of anilines is 1. The minimum absolute atomic E-state index is 0.284. The maximum absolute atomic E-state index is 13.7. The van der Waals surface area contributed by atoms with Gasteiger partial charge >= 0.3 is 12.0 Å². The molecule has 5 nitrogen and oxygen atoms in total. The number of carboxylic acid groups (broad SMARTS) is 1. The van der Waals surface area contributed by atoms with Crippen LogP contribution in [0.3, 0.4) is 0 Å². The van der Waals surface area contributed by atoms with Crippen molar-refractivity contribution in [2.75, 3.05) is 18.4 Å². The number of benzene rings is 1. The summed E-state index contributed by atoms with van der Waals surface area (Å²) >= 11 is 0. The number of rotatable bonds is 6. The number of hydrogen-bond acceptors (Lipinski definition) is 2. The van der Waals surface area contributed by atoms with Gasteiger partial charge in [0.05, 0.1) is 11.3 Å². The Bertz CT molecular complexity index is 517. The molecule has 0 aliphatic heterocycles. The van der Waals surface area contributed by atoms with Gasteiger partial charge in [-0.25, -0.2) is 14.0 Å². The van der Waals surface area contributed by atoms with Gasteiger partial charge in [-0.15, -0.1) is 6.58 Å². The summed E-state index contributed by atoms with van der Waals surface area (Å²) in [5, 5.41) is 11.3. The number of amides is 2. The number of carbonyl (C=O) groups is 2. The molecule has 0 aliphatic carbocycles. The van der Waals surface area contributed by atoms with Crippen molar-refractivity contribution in [3.63, 3.8) is 0 Å². The van der Waals surface area contributed by atoms with Gasteiger partial charge in [0.15, 0.2) is 0 Å². The van der Waals surface area contributed by atoms with E-state index in [-0.39, 0.29) is 11.3 Å². The highest BCUT2D eigenvalue weighted by Gasteiger charge is 2.19. The number of carbonyl (C=O) groups excluding carboxylic acids is 1. The standard InChI is InChI=1S/C14H17FN2O3/c1-3-8-17(9-4-2)14(20)16-12-10(13(18)19)6-5-7-11(12)15/h3,5-7H,1,4,8-9H2,2H3,(H,16,20)(H,18,19). The van der Waals surface area contributed by atoms with Gasteiger partial charge in [-0.05, 0) is 18.6 Å². The maximum atomic E-state index is 13.7. The van der Waals surface area contributed by atoms with Gasteiger partial charge in [0, 0.05) is 13.1 Å². The smallest absolute Gasteiger partial charge is 0.337 e. The van der Waals surface area contributed by atoms with Gasteiger partial charge in [0.2, 0.25) is 0 Å². The average Bonchev–Trinajstić information content (AvgIpc) is 2.40. The highest BCUT2D eigenvalue weighted by Crippen LogP contribution is 2.20. The molecule has 2 N–H and O–H groups in total. The number of aromatic carboxylic acids is 1. The number of nitrogens with one attached hydrogen (secondary N) is 1. The fourth-order valence-corrected chi connectivity index (χ4v) is 1.72. The van der Waals surface area contributed by atoms with Crippen LogP contribution in [0.1, 0.15) is 23.7 Å². The third-order valence-electron chi connectivity index (χ3n) is 2.61. The zero-order valence-corrected chi connectivity index (χ0v) is 11.2. The molecule has 1 aromatic rings. The molecule has 108 valence electrons. The topological polar surface area (TPSA) is 69.6 Å². The Kier molecular flexibility index (Phi) is 5.71. The number of nitrogens with zero attached hydrogens (tertiary/aromatic N) is 1. The summed E-state index contributed by atoms with van der Waals surface area (Å²) in [6.45, 7) is 6.21. The molecule has 6 heteroatoms. The SMILES string of the molecule is C=CCN(CCC)C(=O)Nc1c(F)cccc1C(=O)O. The molecule has 0 bridgehead atoms. The molecule has 0 fully saturated rings. The van der Waals surface area contributed by atoms with E-state index in [1.165, 1.54) is 17.0 Å². The number of halogens is 1. The van der Waals surface area contributed by atoms with Crippen LogP contribution in [-0.4, -0.2) is 35.1 Å². The number of hydrogen-bond donors (Lipinski definition) is 2. The molecule has 0 heterocycles. The van der Waals surface area contributed by atoms with Crippen LogP contribution in [0.25, 0.3) is 0 Å². The fraction of sp³-hybridized carbons (Fsp3) is 0.286. The van der Waals surface area contributed by atoms with Crippen LogP contribution in [0.4, 0.5) is 14.9 Å². The van der Waals surface area contributed by atoms with E-state index in [1.54, 1.807) is 6.08 Å². The molecule has 0 aromatic heterocycles. The monoisotopic (exact) mass is 280 g/mol. The van der Waals surface area contributed by atoms with Crippen LogP contribution >= 0.6 is 0 Å². The first kappa shape index (κ1) is 15.7. The van der Waals surface area contributed by atoms with Crippen molar-refractivity contribution >= 4 is 17.7 Å². The largest absolute Gasteiger partial charge is 0.478 e. The van der Waals surface area contributed by atoms with Crippen molar-refractivity contribution in [3.8, 4) is 0 Å². The van der Waals surface area contributed by atoms with E-state index in [4.69, 9.17) is 5.11 Å². The van der Waals surface area contributed by atoms with Crippen molar-refractivity contribution in [2.24, 2.45) is 0 Å². The number of urea groups is 1. The lowest BCUT2D eigenvalue weighted by molar-refractivity contribution is 0.0697. The molecule has 0 radical (unpaired) electrons. The lowest BCUT2D eigenvalue weighted by Crippen LogP contribution is -2.36. The van der Waals surface area contributed by atoms with Crippen LogP contribution in [0.15, 0.2) is 30.9 Å². The summed E-state index contributed by atoms with van der Waals surface area (Å²) in [5.41, 5.74) is -0.608. The zero-order valence-electron chi connectivity index (χ0n) is 11.2. The molecule has 0 atom stereocenters. The molecular formula is C14H17FN2O3. The van der Waals surface area contributed by atoms with Gasteiger partial charge in [-0.3, -0.25) is 0 Å². The van der Waals surface area contributed by atoms with E-state index in [0.29, 0.717) is 13.1 Å². The first-order valence-electron chi connectivity index (χ1n) is 6.19. The normalized spacial score (nSPS) is 9.90. The van der Waals surface area contributed by atoms with Crippen molar-refractivity contribution < 1.29 is 19.1 Å². The Hall–Kier alpha value is -2.37. The Labute approximate surface area is 116 Å². The van der Waals surface area contributed by atoms with E-state index in [9.17, 15) is 14.0 Å². The van der Waals surface area contributed by atoms with E-state index in [1.807, 2.05) is 6.92 Å². The third kappa shape index (κ3) is 3.81. The predicted octanol–water partition coefficient (Wildman–Crippen LogP) is 2.95. The lowest BCUT2D eigenvalue weighted by atomic mass is 10.1. The summed E-state index contributed by atoms with van der Waals surface area (Å²) in [6.07, 6.45) is 2.28. The van der Waals surface area contributed by atoms with E-state index >= 15 is 0 Å². The Morgan fingerprint density at radius 3 is 2.75 bits per heavy atom. The average molecular weight is 280 g/mol. The second kappa shape index (κ2) is 7.28. The quantitative estimate of drug-likeness (QED) is 0.787. The summed E-state index contributed by atoms with van der Waals surface area (Å²) in [4.78, 5) is 24.5.